The zero-order valence-corrected chi connectivity index (χ0v) is 23.5. The van der Waals surface area contributed by atoms with Crippen LogP contribution in [0.15, 0.2) is 48.7 Å². The van der Waals surface area contributed by atoms with Crippen LogP contribution in [0.5, 0.6) is 5.75 Å². The summed E-state index contributed by atoms with van der Waals surface area (Å²) in [6, 6.07) is 14.1. The molecule has 3 N–H and O–H groups in total. The van der Waals surface area contributed by atoms with Gasteiger partial charge < -0.3 is 20.4 Å². The van der Waals surface area contributed by atoms with Crippen LogP contribution in [0.25, 0.3) is 21.8 Å². The van der Waals surface area contributed by atoms with Gasteiger partial charge in [0.1, 0.15) is 5.75 Å². The number of unbranched alkanes of at least 4 members (excludes halogenated alkanes) is 4. The van der Waals surface area contributed by atoms with Gasteiger partial charge in [0, 0.05) is 60.3 Å². The number of anilines is 1. The Kier molecular flexibility index (Phi) is 9.32. The summed E-state index contributed by atoms with van der Waals surface area (Å²) in [6.07, 6.45) is 13.0. The van der Waals surface area contributed by atoms with Crippen LogP contribution in [0.3, 0.4) is 0 Å². The van der Waals surface area contributed by atoms with E-state index in [1.165, 1.54) is 42.1 Å². The number of fused-ring (bicyclic) bond motifs is 3. The molecule has 0 spiro atoms. The van der Waals surface area contributed by atoms with Crippen LogP contribution >= 0.6 is 0 Å². The quantitative estimate of drug-likeness (QED) is 0.100. The van der Waals surface area contributed by atoms with Crippen molar-refractivity contribution in [1.82, 2.24) is 15.3 Å². The molecule has 40 heavy (non-hydrogen) atoms. The molecule has 1 amide bonds. The van der Waals surface area contributed by atoms with Gasteiger partial charge in [0.05, 0.1) is 5.52 Å². The molecule has 5 rings (SSSR count). The second kappa shape index (κ2) is 13.5. The van der Waals surface area contributed by atoms with Crippen LogP contribution in [0.2, 0.25) is 0 Å². The summed E-state index contributed by atoms with van der Waals surface area (Å²) in [5.74, 6) is 0.337. The average molecular weight is 541 g/mol. The Balaban J connectivity index is 1.02. The van der Waals surface area contributed by atoms with E-state index in [0.29, 0.717) is 25.1 Å². The van der Waals surface area contributed by atoms with Crippen LogP contribution in [0, 0.1) is 0 Å². The minimum Gasteiger partial charge on any atom is -0.427 e. The van der Waals surface area contributed by atoms with E-state index < -0.39 is 0 Å². The number of H-pyrrole nitrogens is 1. The molecule has 1 aliphatic rings. The number of esters is 1. The van der Waals surface area contributed by atoms with Gasteiger partial charge in [0.15, 0.2) is 0 Å². The van der Waals surface area contributed by atoms with E-state index in [1.54, 1.807) is 0 Å². The first kappa shape index (κ1) is 27.7. The molecule has 1 aliphatic carbocycles. The van der Waals surface area contributed by atoms with Crippen LogP contribution in [-0.4, -0.2) is 34.9 Å². The lowest BCUT2D eigenvalue weighted by Gasteiger charge is -2.21. The highest BCUT2D eigenvalue weighted by Gasteiger charge is 2.17. The second-order valence-corrected chi connectivity index (χ2v) is 10.8. The fourth-order valence-corrected chi connectivity index (χ4v) is 5.70. The Bertz CT molecular complexity index is 1480. The molecule has 2 heterocycles. The summed E-state index contributed by atoms with van der Waals surface area (Å²) in [7, 11) is 0. The number of pyridine rings is 1. The molecule has 0 saturated carbocycles. The third-order valence-electron chi connectivity index (χ3n) is 7.77. The molecular weight excluding hydrogens is 500 g/mol. The van der Waals surface area contributed by atoms with Gasteiger partial charge in [-0.05, 0) is 80.3 Å². The molecule has 210 valence electrons. The van der Waals surface area contributed by atoms with Crippen LogP contribution in [0.4, 0.5) is 5.69 Å². The molecule has 0 radical (unpaired) electrons. The predicted molar refractivity (Wildman–Crippen MR) is 161 cm³/mol. The summed E-state index contributed by atoms with van der Waals surface area (Å²) in [6.45, 7) is 3.04. The highest BCUT2D eigenvalue weighted by Crippen LogP contribution is 2.33. The van der Waals surface area contributed by atoms with Gasteiger partial charge in [-0.1, -0.05) is 37.5 Å². The third-order valence-corrected chi connectivity index (χ3v) is 7.77. The van der Waals surface area contributed by atoms with E-state index in [4.69, 9.17) is 9.72 Å². The Morgan fingerprint density at radius 3 is 2.67 bits per heavy atom. The molecule has 7 nitrogen and oxygen atoms in total. The first-order chi connectivity index (χ1) is 19.6. The number of rotatable bonds is 13. The lowest BCUT2D eigenvalue weighted by Crippen LogP contribution is -2.22. The average Bonchev–Trinajstić information content (AvgIpc) is 3.35. The van der Waals surface area contributed by atoms with Crippen molar-refractivity contribution in [1.29, 1.82) is 0 Å². The maximum Gasteiger partial charge on any atom is 0.311 e. The summed E-state index contributed by atoms with van der Waals surface area (Å²) >= 11 is 0. The van der Waals surface area contributed by atoms with Gasteiger partial charge in [0.2, 0.25) is 5.91 Å². The molecule has 2 aromatic carbocycles. The Morgan fingerprint density at radius 1 is 0.950 bits per heavy atom. The number of benzene rings is 2. The van der Waals surface area contributed by atoms with Crippen molar-refractivity contribution in [2.45, 2.75) is 77.6 Å². The number of hydrogen-bond donors (Lipinski definition) is 3. The monoisotopic (exact) mass is 540 g/mol. The summed E-state index contributed by atoms with van der Waals surface area (Å²) < 4.78 is 5.63. The fourth-order valence-electron chi connectivity index (χ4n) is 5.70. The van der Waals surface area contributed by atoms with Crippen molar-refractivity contribution < 1.29 is 14.3 Å². The lowest BCUT2D eigenvalue weighted by molar-refractivity contribution is -0.134. The Hall–Kier alpha value is -3.87. The summed E-state index contributed by atoms with van der Waals surface area (Å²) in [5.41, 5.74) is 7.15. The van der Waals surface area contributed by atoms with Crippen LogP contribution in [0.1, 0.15) is 75.1 Å². The number of aromatic amines is 1. The molecule has 4 aromatic rings. The molecule has 0 fully saturated rings. The molecule has 0 atom stereocenters. The first-order valence-electron chi connectivity index (χ1n) is 14.8. The predicted octanol–water partition coefficient (Wildman–Crippen LogP) is 6.63. The minimum absolute atomic E-state index is 0.0389. The standard InChI is InChI=1S/C33H40N4O3/c1-23(38)34-20-18-24-22-36-29-17-16-25(21-28(24)29)40-32(39)15-5-3-2-4-10-19-35-33-26-11-6-8-13-30(26)37-31-14-9-7-12-27(31)33/h6,8,11,13,16-17,21-22,36H,2-5,7,9-10,12,14-15,18-20H2,1H3,(H,34,38)(H,35,37). The molecule has 0 aliphatic heterocycles. The van der Waals surface area contributed by atoms with Crippen LogP contribution < -0.4 is 15.4 Å². The van der Waals surface area contributed by atoms with E-state index >= 15 is 0 Å². The van der Waals surface area contributed by atoms with Gasteiger partial charge in [-0.25, -0.2) is 0 Å². The number of para-hydroxylation sites is 1. The van der Waals surface area contributed by atoms with E-state index in [9.17, 15) is 9.59 Å². The molecular formula is C33H40N4O3. The number of aromatic nitrogens is 2. The Morgan fingerprint density at radius 2 is 1.77 bits per heavy atom. The second-order valence-electron chi connectivity index (χ2n) is 10.8. The number of hydrogen-bond acceptors (Lipinski definition) is 5. The highest BCUT2D eigenvalue weighted by atomic mass is 16.5. The number of amides is 1. The van der Waals surface area contributed by atoms with Crippen molar-refractivity contribution in [3.05, 3.63) is 65.5 Å². The molecule has 0 saturated heterocycles. The number of nitrogens with one attached hydrogen (secondary N) is 3. The zero-order valence-electron chi connectivity index (χ0n) is 23.5. The normalized spacial score (nSPS) is 12.8. The van der Waals surface area contributed by atoms with Gasteiger partial charge in [-0.2, -0.15) is 0 Å². The molecule has 0 bridgehead atoms. The smallest absolute Gasteiger partial charge is 0.311 e. The maximum absolute atomic E-state index is 12.4. The van der Waals surface area contributed by atoms with E-state index in [1.807, 2.05) is 24.4 Å². The van der Waals surface area contributed by atoms with Gasteiger partial charge >= 0.3 is 5.97 Å². The number of ether oxygens (including phenoxy) is 1. The van der Waals surface area contributed by atoms with Gasteiger partial charge in [-0.3, -0.25) is 14.6 Å². The molecule has 2 aromatic heterocycles. The van der Waals surface area contributed by atoms with Gasteiger partial charge in [-0.15, -0.1) is 0 Å². The summed E-state index contributed by atoms with van der Waals surface area (Å²) in [4.78, 5) is 31.8. The van der Waals surface area contributed by atoms with Crippen molar-refractivity contribution in [2.24, 2.45) is 0 Å². The number of carbonyl (C=O) groups excluding carboxylic acids is 2. The zero-order chi connectivity index (χ0) is 27.7. The largest absolute Gasteiger partial charge is 0.427 e. The summed E-state index contributed by atoms with van der Waals surface area (Å²) in [5, 5.41) is 8.82. The maximum atomic E-state index is 12.4. The van der Waals surface area contributed by atoms with E-state index in [-0.39, 0.29) is 11.9 Å². The lowest BCUT2D eigenvalue weighted by atomic mass is 9.92. The van der Waals surface area contributed by atoms with Crippen molar-refractivity contribution in [3.8, 4) is 5.75 Å². The van der Waals surface area contributed by atoms with E-state index in [0.717, 1.165) is 73.5 Å². The van der Waals surface area contributed by atoms with Crippen molar-refractivity contribution in [3.63, 3.8) is 0 Å². The number of carbonyl (C=O) groups is 2. The highest BCUT2D eigenvalue weighted by molar-refractivity contribution is 5.93. The first-order valence-corrected chi connectivity index (χ1v) is 14.8. The SMILES string of the molecule is CC(=O)NCCc1c[nH]c2ccc(OC(=O)CCCCCCCNc3c4c(nc5ccccc35)CCCC4)cc12. The third kappa shape index (κ3) is 7.00. The number of nitrogens with zero attached hydrogens (tertiary/aromatic N) is 1. The van der Waals surface area contributed by atoms with Crippen LogP contribution in [-0.2, 0) is 28.9 Å². The Labute approximate surface area is 236 Å². The molecule has 0 unspecified atom stereocenters. The van der Waals surface area contributed by atoms with E-state index in [2.05, 4.69) is 39.9 Å². The molecule has 7 heteroatoms. The fraction of sp³-hybridized carbons (Fsp3) is 0.424. The van der Waals surface area contributed by atoms with Crippen molar-refractivity contribution >= 4 is 39.4 Å². The van der Waals surface area contributed by atoms with Gasteiger partial charge in [0.25, 0.3) is 0 Å². The topological polar surface area (TPSA) is 96.1 Å². The number of aryl methyl sites for hydroxylation is 1. The van der Waals surface area contributed by atoms with Crippen molar-refractivity contribution in [2.75, 3.05) is 18.4 Å². The minimum atomic E-state index is -0.189.